The summed E-state index contributed by atoms with van der Waals surface area (Å²) in [5.41, 5.74) is 0.806. The number of benzene rings is 1. The lowest BCUT2D eigenvalue weighted by Gasteiger charge is -2.09. The zero-order chi connectivity index (χ0) is 12.0. The van der Waals surface area contributed by atoms with Gasteiger partial charge >= 0.3 is 5.97 Å². The van der Waals surface area contributed by atoms with Crippen molar-refractivity contribution >= 4 is 17.6 Å². The molecule has 0 heterocycles. The van der Waals surface area contributed by atoms with Crippen molar-refractivity contribution in [3.05, 3.63) is 28.8 Å². The number of hydrogen-bond acceptors (Lipinski definition) is 3. The first-order valence-corrected chi connectivity index (χ1v) is 5.13. The molecule has 88 valence electrons. The van der Waals surface area contributed by atoms with Crippen LogP contribution in [-0.2, 0) is 16.1 Å². The number of carboxylic acid groups (broad SMARTS) is 1. The number of rotatable bonds is 6. The minimum atomic E-state index is -0.877. The van der Waals surface area contributed by atoms with Gasteiger partial charge in [0.25, 0.3) is 0 Å². The molecule has 0 amide bonds. The monoisotopic (exact) mass is 244 g/mol. The molecule has 0 spiro atoms. The molecule has 5 heteroatoms. The maximum Gasteiger partial charge on any atom is 0.305 e. The highest BCUT2D eigenvalue weighted by Gasteiger charge is 2.04. The van der Waals surface area contributed by atoms with E-state index in [1.165, 1.54) is 0 Å². The van der Waals surface area contributed by atoms with Crippen molar-refractivity contribution in [2.45, 2.75) is 13.0 Å². The van der Waals surface area contributed by atoms with Crippen molar-refractivity contribution in [1.82, 2.24) is 0 Å². The first-order valence-electron chi connectivity index (χ1n) is 4.75. The third kappa shape index (κ3) is 4.08. The summed E-state index contributed by atoms with van der Waals surface area (Å²) in [5, 5.41) is 9.02. The van der Waals surface area contributed by atoms with E-state index in [0.29, 0.717) is 10.8 Å². The van der Waals surface area contributed by atoms with Gasteiger partial charge in [0.2, 0.25) is 0 Å². The van der Waals surface area contributed by atoms with Gasteiger partial charge in [0, 0.05) is 10.6 Å². The molecule has 0 atom stereocenters. The topological polar surface area (TPSA) is 55.8 Å². The van der Waals surface area contributed by atoms with Gasteiger partial charge < -0.3 is 14.6 Å². The number of halogens is 1. The second kappa shape index (κ2) is 6.35. The predicted octanol–water partition coefficient (Wildman–Crippen LogP) is 2.34. The molecule has 1 aromatic rings. The molecule has 0 aliphatic heterocycles. The first kappa shape index (κ1) is 12.8. The third-order valence-electron chi connectivity index (χ3n) is 1.96. The van der Waals surface area contributed by atoms with Crippen LogP contribution in [0.25, 0.3) is 0 Å². The fourth-order valence-electron chi connectivity index (χ4n) is 1.20. The van der Waals surface area contributed by atoms with Gasteiger partial charge in [-0.25, -0.2) is 0 Å². The molecule has 1 N–H and O–H groups in total. The second-order valence-electron chi connectivity index (χ2n) is 3.15. The van der Waals surface area contributed by atoms with E-state index in [-0.39, 0.29) is 19.6 Å². The molecule has 0 aromatic heterocycles. The van der Waals surface area contributed by atoms with E-state index >= 15 is 0 Å². The van der Waals surface area contributed by atoms with Crippen LogP contribution in [0, 0.1) is 0 Å². The van der Waals surface area contributed by atoms with Crippen molar-refractivity contribution in [3.63, 3.8) is 0 Å². The fourth-order valence-corrected chi connectivity index (χ4v) is 1.40. The summed E-state index contributed by atoms with van der Waals surface area (Å²) < 4.78 is 10.3. The van der Waals surface area contributed by atoms with E-state index in [2.05, 4.69) is 0 Å². The van der Waals surface area contributed by atoms with Gasteiger partial charge in [-0.3, -0.25) is 4.79 Å². The zero-order valence-corrected chi connectivity index (χ0v) is 9.66. The number of aliphatic carboxylic acids is 1. The Morgan fingerprint density at radius 3 is 2.88 bits per heavy atom. The van der Waals surface area contributed by atoms with Crippen molar-refractivity contribution in [3.8, 4) is 5.75 Å². The molecule has 4 nitrogen and oxygen atoms in total. The average molecular weight is 245 g/mol. The smallest absolute Gasteiger partial charge is 0.305 e. The van der Waals surface area contributed by atoms with E-state index in [0.717, 1.165) is 5.56 Å². The van der Waals surface area contributed by atoms with Gasteiger partial charge in [0.1, 0.15) is 5.75 Å². The van der Waals surface area contributed by atoms with Crippen molar-refractivity contribution in [1.29, 1.82) is 0 Å². The Hall–Kier alpha value is -1.26. The standard InChI is InChI=1S/C11H13ClO4/c1-15-10-3-2-9(12)6-8(10)7-16-5-4-11(13)14/h2-3,6H,4-5,7H2,1H3,(H,13,14). The minimum absolute atomic E-state index is 0.0110. The predicted molar refractivity (Wildman–Crippen MR) is 59.9 cm³/mol. The molecule has 0 unspecified atom stereocenters. The lowest BCUT2D eigenvalue weighted by Crippen LogP contribution is -2.03. The summed E-state index contributed by atoms with van der Waals surface area (Å²) in [6, 6.07) is 5.21. The molecule has 0 saturated heterocycles. The molecule has 16 heavy (non-hydrogen) atoms. The number of methoxy groups -OCH3 is 1. The second-order valence-corrected chi connectivity index (χ2v) is 3.59. The Morgan fingerprint density at radius 1 is 1.50 bits per heavy atom. The van der Waals surface area contributed by atoms with Crippen molar-refractivity contribution in [2.75, 3.05) is 13.7 Å². The molecule has 0 bridgehead atoms. The normalized spacial score (nSPS) is 10.1. The van der Waals surface area contributed by atoms with E-state index in [4.69, 9.17) is 26.2 Å². The molecule has 0 radical (unpaired) electrons. The minimum Gasteiger partial charge on any atom is -0.496 e. The molecule has 0 saturated carbocycles. The van der Waals surface area contributed by atoms with Crippen LogP contribution in [0.3, 0.4) is 0 Å². The highest BCUT2D eigenvalue weighted by molar-refractivity contribution is 6.30. The van der Waals surface area contributed by atoms with Crippen LogP contribution < -0.4 is 4.74 Å². The average Bonchev–Trinajstić information content (AvgIpc) is 2.24. The van der Waals surface area contributed by atoms with Crippen LogP contribution in [0.1, 0.15) is 12.0 Å². The Morgan fingerprint density at radius 2 is 2.25 bits per heavy atom. The van der Waals surface area contributed by atoms with Crippen LogP contribution in [0.15, 0.2) is 18.2 Å². The van der Waals surface area contributed by atoms with Gasteiger partial charge in [0.05, 0.1) is 26.7 Å². The zero-order valence-electron chi connectivity index (χ0n) is 8.90. The number of carboxylic acids is 1. The van der Waals surface area contributed by atoms with Crippen molar-refractivity contribution in [2.24, 2.45) is 0 Å². The maximum absolute atomic E-state index is 10.3. The molecule has 0 aliphatic rings. The SMILES string of the molecule is COc1ccc(Cl)cc1COCCC(=O)O. The van der Waals surface area contributed by atoms with Gasteiger partial charge in [-0.1, -0.05) is 11.6 Å². The van der Waals surface area contributed by atoms with Gasteiger partial charge in [-0.15, -0.1) is 0 Å². The molecule has 0 aliphatic carbocycles. The van der Waals surface area contributed by atoms with Gasteiger partial charge in [-0.2, -0.15) is 0 Å². The summed E-state index contributed by atoms with van der Waals surface area (Å²) in [7, 11) is 1.56. The lowest BCUT2D eigenvalue weighted by atomic mass is 10.2. The molecular weight excluding hydrogens is 232 g/mol. The van der Waals surface area contributed by atoms with Crippen LogP contribution >= 0.6 is 11.6 Å². The first-order chi connectivity index (χ1) is 7.63. The lowest BCUT2D eigenvalue weighted by molar-refractivity contribution is -0.138. The Labute approximate surface area is 98.7 Å². The summed E-state index contributed by atoms with van der Waals surface area (Å²) in [6.45, 7) is 0.460. The van der Waals surface area contributed by atoms with Crippen molar-refractivity contribution < 1.29 is 19.4 Å². The number of hydrogen-bond donors (Lipinski definition) is 1. The third-order valence-corrected chi connectivity index (χ3v) is 2.20. The molecule has 0 fully saturated rings. The summed E-state index contributed by atoms with van der Waals surface area (Å²) in [4.78, 5) is 10.3. The number of ether oxygens (including phenoxy) is 2. The van der Waals surface area contributed by atoms with Gasteiger partial charge in [-0.05, 0) is 18.2 Å². The van der Waals surface area contributed by atoms with E-state index in [1.54, 1.807) is 25.3 Å². The summed E-state index contributed by atoms with van der Waals surface area (Å²) in [5.74, 6) is -0.196. The van der Waals surface area contributed by atoms with Gasteiger partial charge in [0.15, 0.2) is 0 Å². The van der Waals surface area contributed by atoms with Crippen LogP contribution in [-0.4, -0.2) is 24.8 Å². The fraction of sp³-hybridized carbons (Fsp3) is 0.364. The van der Waals surface area contributed by atoms with E-state index in [1.807, 2.05) is 0 Å². The van der Waals surface area contributed by atoms with E-state index < -0.39 is 5.97 Å². The quantitative estimate of drug-likeness (QED) is 0.781. The van der Waals surface area contributed by atoms with Crippen LogP contribution in [0.4, 0.5) is 0 Å². The summed E-state index contributed by atoms with van der Waals surface area (Å²) in [6.07, 6.45) is -0.0110. The largest absolute Gasteiger partial charge is 0.496 e. The van der Waals surface area contributed by atoms with Crippen LogP contribution in [0.5, 0.6) is 5.75 Å². The Kier molecular flexibility index (Phi) is 5.08. The Balaban J connectivity index is 2.51. The summed E-state index contributed by atoms with van der Waals surface area (Å²) >= 11 is 5.83. The maximum atomic E-state index is 10.3. The number of carbonyl (C=O) groups is 1. The molecule has 1 rings (SSSR count). The van der Waals surface area contributed by atoms with E-state index in [9.17, 15) is 4.79 Å². The molecular formula is C11H13ClO4. The highest BCUT2D eigenvalue weighted by Crippen LogP contribution is 2.23. The highest BCUT2D eigenvalue weighted by atomic mass is 35.5. The Bertz CT molecular complexity index is 365. The van der Waals surface area contributed by atoms with Crippen LogP contribution in [0.2, 0.25) is 5.02 Å². The molecule has 1 aromatic carbocycles.